The lowest BCUT2D eigenvalue weighted by Gasteiger charge is -2.32. The van der Waals surface area contributed by atoms with Crippen LogP contribution in [0.15, 0.2) is 54.6 Å². The molecule has 4 amide bonds. The first-order valence-corrected chi connectivity index (χ1v) is 30.1. The van der Waals surface area contributed by atoms with E-state index in [9.17, 15) is 44.1 Å². The summed E-state index contributed by atoms with van der Waals surface area (Å²) in [5.74, 6) is -2.56. The van der Waals surface area contributed by atoms with Crippen molar-refractivity contribution in [1.29, 1.82) is 0 Å². The summed E-state index contributed by atoms with van der Waals surface area (Å²) in [6, 6.07) is 15.7. The number of carboxylic acid groups (broad SMARTS) is 3. The van der Waals surface area contributed by atoms with Gasteiger partial charge < -0.3 is 74.1 Å². The Balaban J connectivity index is 0.797. The van der Waals surface area contributed by atoms with Crippen LogP contribution >= 0.6 is 23.2 Å². The zero-order valence-electron chi connectivity index (χ0n) is 51.2. The third-order valence-corrected chi connectivity index (χ3v) is 14.7. The van der Waals surface area contributed by atoms with Gasteiger partial charge in [-0.1, -0.05) is 35.3 Å². The third-order valence-electron chi connectivity index (χ3n) is 14.3. The van der Waals surface area contributed by atoms with Gasteiger partial charge in [0.15, 0.2) is 5.69 Å². The monoisotopic (exact) mass is 1290 g/mol. The number of fused-ring (bicyclic) bond motifs is 3. The number of rotatable bonds is 34. The molecule has 6 rings (SSSR count). The van der Waals surface area contributed by atoms with Crippen LogP contribution in [0.4, 0.5) is 10.5 Å². The zero-order chi connectivity index (χ0) is 64.3. The molecule has 0 atom stereocenters. The number of benzene rings is 3. The molecule has 29 heteroatoms. The van der Waals surface area contributed by atoms with E-state index in [1.807, 2.05) is 49.9 Å². The number of nitrogens with zero attached hydrogens (tertiary/aromatic N) is 7. The van der Waals surface area contributed by atoms with Crippen molar-refractivity contribution in [2.24, 2.45) is 0 Å². The summed E-state index contributed by atoms with van der Waals surface area (Å²) >= 11 is 13.0. The van der Waals surface area contributed by atoms with E-state index in [1.165, 1.54) is 0 Å². The van der Waals surface area contributed by atoms with Gasteiger partial charge >= 0.3 is 23.9 Å². The minimum Gasteiger partial charge on any atom is -0.496 e. The molecule has 0 unspecified atom stereocenters. The van der Waals surface area contributed by atoms with Crippen molar-refractivity contribution >= 4 is 64.6 Å². The van der Waals surface area contributed by atoms with Gasteiger partial charge in [-0.3, -0.25) is 43.6 Å². The number of nitrogens with one attached hydrogen (secondary N) is 3. The Morgan fingerprint density at radius 1 is 0.607 bits per heavy atom. The molecule has 1 saturated heterocycles. The van der Waals surface area contributed by atoms with Crippen molar-refractivity contribution < 1.29 is 82.0 Å². The number of aliphatic carboxylic acids is 3. The van der Waals surface area contributed by atoms with Crippen LogP contribution in [0, 0.1) is 0 Å². The molecule has 0 aliphatic carbocycles. The Kier molecular flexibility index (Phi) is 29.5. The highest BCUT2D eigenvalue weighted by atomic mass is 35.5. The number of carbonyl (C=O) groups is 6. The molecular weight excluding hydrogens is 1200 g/mol. The molecule has 0 saturated carbocycles. The first-order valence-electron chi connectivity index (χ1n) is 29.3. The van der Waals surface area contributed by atoms with Crippen molar-refractivity contribution in [3.05, 3.63) is 75.9 Å². The van der Waals surface area contributed by atoms with Crippen molar-refractivity contribution in [2.45, 2.75) is 32.9 Å². The van der Waals surface area contributed by atoms with Gasteiger partial charge in [0.25, 0.3) is 5.91 Å². The molecule has 0 radical (unpaired) electrons. The predicted octanol–water partition coefficient (Wildman–Crippen LogP) is 4.10. The van der Waals surface area contributed by atoms with E-state index in [0.717, 1.165) is 5.56 Å². The van der Waals surface area contributed by atoms with E-state index in [1.54, 1.807) is 68.8 Å². The molecule has 2 aliphatic heterocycles. The van der Waals surface area contributed by atoms with Crippen LogP contribution in [0.1, 0.15) is 36.8 Å². The maximum Gasteiger partial charge on any atom is 0.319 e. The lowest BCUT2D eigenvalue weighted by molar-refractivity contribution is -0.140. The fourth-order valence-electron chi connectivity index (χ4n) is 9.44. The van der Waals surface area contributed by atoms with Gasteiger partial charge in [-0.05, 0) is 62.7 Å². The molecule has 0 bridgehead atoms. The third kappa shape index (κ3) is 24.2. The van der Waals surface area contributed by atoms with E-state index < -0.39 is 29.5 Å². The van der Waals surface area contributed by atoms with Crippen LogP contribution < -0.4 is 25.4 Å². The second-order valence-electron chi connectivity index (χ2n) is 21.9. The van der Waals surface area contributed by atoms with Crippen LogP contribution in [0.25, 0.3) is 28.1 Å². The summed E-state index contributed by atoms with van der Waals surface area (Å²) in [5, 5.41) is 42.4. The molecule has 89 heavy (non-hydrogen) atoms. The lowest BCUT2D eigenvalue weighted by Crippen LogP contribution is -2.50. The number of urea groups is 1. The normalized spacial score (nSPS) is 14.6. The first-order chi connectivity index (χ1) is 42.7. The molecule has 1 aromatic heterocycles. The van der Waals surface area contributed by atoms with Gasteiger partial charge in [0, 0.05) is 117 Å². The molecule has 490 valence electrons. The number of carbonyl (C=O) groups excluding carboxylic acids is 3. The van der Waals surface area contributed by atoms with Crippen molar-refractivity contribution in [3.8, 4) is 39.6 Å². The Hall–Kier alpha value is -6.73. The van der Waals surface area contributed by atoms with Crippen LogP contribution in [0.5, 0.6) is 11.5 Å². The van der Waals surface area contributed by atoms with Crippen LogP contribution in [-0.4, -0.2) is 276 Å². The largest absolute Gasteiger partial charge is 0.496 e. The van der Waals surface area contributed by atoms with Crippen LogP contribution in [-0.2, 0) is 54.2 Å². The molecule has 0 spiro atoms. The van der Waals surface area contributed by atoms with Gasteiger partial charge in [-0.15, -0.1) is 0 Å². The number of carboxylic acids is 3. The van der Waals surface area contributed by atoms with Crippen LogP contribution in [0.3, 0.4) is 0 Å². The summed E-state index contributed by atoms with van der Waals surface area (Å²) in [6.07, 6.45) is 0. The van der Waals surface area contributed by atoms with E-state index >= 15 is 0 Å². The molecule has 27 nitrogen and oxygen atoms in total. The number of aromatic nitrogens is 2. The minimum absolute atomic E-state index is 0.0128. The maximum absolute atomic E-state index is 14.0. The minimum atomic E-state index is -1.03. The van der Waals surface area contributed by atoms with Gasteiger partial charge in [-0.25, -0.2) is 9.48 Å². The fourth-order valence-corrected chi connectivity index (χ4v) is 9.96. The second-order valence-corrected chi connectivity index (χ2v) is 22.7. The average molecular weight is 1290 g/mol. The second kappa shape index (κ2) is 36.8. The van der Waals surface area contributed by atoms with Crippen LogP contribution in [0.2, 0.25) is 10.0 Å². The number of amides is 4. The number of anilines is 1. The fraction of sp³-hybridized carbons (Fsp3) is 0.550. The zero-order valence-corrected chi connectivity index (χ0v) is 52.7. The summed E-state index contributed by atoms with van der Waals surface area (Å²) in [7, 11) is 3.31. The lowest BCUT2D eigenvalue weighted by atomic mass is 9.95. The molecule has 1 fully saturated rings. The van der Waals surface area contributed by atoms with E-state index in [4.69, 9.17) is 66.2 Å². The van der Waals surface area contributed by atoms with E-state index in [0.29, 0.717) is 148 Å². The SMILES string of the molecule is COc1cc2c(cc1-c1cccc(NC(=O)NCCOCCOCCOCCOCCOCCOCCNC(=O)CN3CCN(CC(=O)O)CCN(CC(=O)O)CCN(CC(=O)O)CC3)c1)-c1c(c(C(=O)N(C)C(C)(C)C)nn1-c1cc(Cl)cc(Cl)c1)CO2. The number of ether oxygens (including phenoxy) is 8. The summed E-state index contributed by atoms with van der Waals surface area (Å²) in [6.45, 7) is 12.2. The van der Waals surface area contributed by atoms with Crippen molar-refractivity contribution in [1.82, 2.24) is 44.9 Å². The quantitative estimate of drug-likeness (QED) is 0.0359. The molecule has 2 aliphatic rings. The molecular formula is C60H84Cl2N10O17. The Bertz CT molecular complexity index is 2920. The number of halogens is 2. The van der Waals surface area contributed by atoms with Crippen molar-refractivity contribution in [3.63, 3.8) is 0 Å². The topological polar surface area (TPSA) is 307 Å². The smallest absolute Gasteiger partial charge is 0.319 e. The molecule has 3 heterocycles. The molecule has 4 aromatic rings. The number of hydrogen-bond donors (Lipinski definition) is 6. The van der Waals surface area contributed by atoms with Crippen molar-refractivity contribution in [2.75, 3.05) is 190 Å². The summed E-state index contributed by atoms with van der Waals surface area (Å²) < 4.78 is 47.3. The Morgan fingerprint density at radius 2 is 1.07 bits per heavy atom. The van der Waals surface area contributed by atoms with E-state index in [-0.39, 0.29) is 103 Å². The number of methoxy groups -OCH3 is 1. The molecule has 6 N–H and O–H groups in total. The Labute approximate surface area is 528 Å². The van der Waals surface area contributed by atoms with Gasteiger partial charge in [0.1, 0.15) is 18.1 Å². The summed E-state index contributed by atoms with van der Waals surface area (Å²) in [5.41, 5.74) is 4.18. The standard InChI is InChI=1S/C60H84Cl2N10O17/c1-60(2,3)67(4)58(80)56-49-41-89-51-36-50(82-5)47(35-48(51)57(49)72(66-56)46-33-43(61)32-44(62)34-46)42-7-6-8-45(31-42)65-59(81)64-10-20-84-22-24-86-26-28-88-30-29-87-27-25-85-23-21-83-19-9-63-52(73)37-68-11-13-69(38-53(74)75)15-17-71(40-55(78)79)18-16-70(14-12-68)39-54(76)77/h6-8,31-36H,9-30,37-41H2,1-5H3,(H,63,73)(H,74,75)(H,76,77)(H,78,79)(H2,64,65,81). The van der Waals surface area contributed by atoms with Gasteiger partial charge in [0.2, 0.25) is 5.91 Å². The highest BCUT2D eigenvalue weighted by molar-refractivity contribution is 6.34. The average Bonchev–Trinajstić information content (AvgIpc) is 1.71. The maximum atomic E-state index is 14.0. The van der Waals surface area contributed by atoms with Gasteiger partial charge in [-0.2, -0.15) is 5.10 Å². The highest BCUT2D eigenvalue weighted by Crippen LogP contribution is 2.47. The van der Waals surface area contributed by atoms with Gasteiger partial charge in [0.05, 0.1) is 124 Å². The molecule has 3 aromatic carbocycles. The predicted molar refractivity (Wildman–Crippen MR) is 331 cm³/mol. The highest BCUT2D eigenvalue weighted by Gasteiger charge is 2.35. The van der Waals surface area contributed by atoms with E-state index in [2.05, 4.69) is 16.0 Å². The Morgan fingerprint density at radius 3 is 1.53 bits per heavy atom. The number of hydrogen-bond acceptors (Lipinski definition) is 19. The first kappa shape index (κ1) is 71.3. The summed E-state index contributed by atoms with van der Waals surface area (Å²) in [4.78, 5) is 83.0.